The molecule has 0 radical (unpaired) electrons. The van der Waals surface area contributed by atoms with Crippen LogP contribution in [-0.2, 0) is 0 Å². The van der Waals surface area contributed by atoms with Gasteiger partial charge in [-0.25, -0.2) is 0 Å². The van der Waals surface area contributed by atoms with E-state index in [-0.39, 0.29) is 193 Å². The maximum absolute atomic E-state index is 0. The SMILES string of the molecule is Cl.Cl.Cl.Cl.[Ba+2].[Ca+2].[H-].[H-].[H-].[H-].[H-].[H-].[Li+].[Na+]. The molecule has 0 nitrogen and oxygen atoms in total. The molecule has 0 saturated carbocycles. The molecule has 0 aromatic rings. The van der Waals surface area contributed by atoms with E-state index >= 15 is 0 Å². The maximum atomic E-state index is 0. The van der Waals surface area contributed by atoms with Crippen molar-refractivity contribution in [3.8, 4) is 0 Å². The zero-order valence-electron chi connectivity index (χ0n) is 11.0. The summed E-state index contributed by atoms with van der Waals surface area (Å²) in [6.45, 7) is 0. The summed E-state index contributed by atoms with van der Waals surface area (Å²) in [5.74, 6) is 0. The maximum Gasteiger partial charge on any atom is 2.00 e. The number of hydrogen-bond acceptors (Lipinski definition) is 0. The van der Waals surface area contributed by atoms with Crippen LogP contribution in [0.5, 0.6) is 0 Å². The Morgan fingerprint density at radius 3 is 0.750 bits per heavy atom. The Morgan fingerprint density at radius 1 is 0.750 bits per heavy atom. The molecule has 0 aromatic heterocycles. The Hall–Kier alpha value is 5.59. The normalized spacial score (nSPS) is 0. The van der Waals surface area contributed by atoms with Gasteiger partial charge in [-0.05, 0) is 0 Å². The van der Waals surface area contributed by atoms with E-state index in [1.807, 2.05) is 0 Å². The molecular formula is H10BaCaCl4LiNa. The quantitative estimate of drug-likeness (QED) is 0.384. The van der Waals surface area contributed by atoms with Crippen LogP contribution in [0.4, 0.5) is 0 Å². The number of halogens is 4. The molecule has 0 spiro atoms. The van der Waals surface area contributed by atoms with Gasteiger partial charge in [-0.15, -0.1) is 49.6 Å². The third kappa shape index (κ3) is 41.6. The fourth-order valence-electron chi connectivity index (χ4n) is 0. The predicted molar refractivity (Wildman–Crippen MR) is 47.2 cm³/mol. The summed E-state index contributed by atoms with van der Waals surface area (Å²) in [6, 6.07) is 0. The minimum Gasteiger partial charge on any atom is -1.00 e. The van der Waals surface area contributed by atoms with Crippen molar-refractivity contribution >= 4 is 136 Å². The summed E-state index contributed by atoms with van der Waals surface area (Å²) in [5, 5.41) is 0. The summed E-state index contributed by atoms with van der Waals surface area (Å²) >= 11 is 0. The van der Waals surface area contributed by atoms with E-state index < -0.39 is 0 Å². The van der Waals surface area contributed by atoms with Crippen LogP contribution in [0.1, 0.15) is 8.56 Å². The third-order valence-corrected chi connectivity index (χ3v) is 0. The van der Waals surface area contributed by atoms with Crippen molar-refractivity contribution < 1.29 is 57.0 Å². The topological polar surface area (TPSA) is 0 Å². The van der Waals surface area contributed by atoms with Crippen LogP contribution < -0.4 is 48.4 Å². The standard InChI is InChI=1S/Ba.Ca.4ClH.Li.Na.6H/h;;4*1H;;;;;;;;/q2*+2;;;;;2*+1;6*-1. The molecule has 0 fully saturated rings. The number of rotatable bonds is 0. The first-order valence-corrected chi connectivity index (χ1v) is 0. The molecule has 0 saturated heterocycles. The van der Waals surface area contributed by atoms with Crippen molar-refractivity contribution in [1.29, 1.82) is 0 Å². The second-order valence-electron chi connectivity index (χ2n) is 0. The fourth-order valence-corrected chi connectivity index (χ4v) is 0. The summed E-state index contributed by atoms with van der Waals surface area (Å²) in [6.07, 6.45) is 0. The molecule has 0 aromatic carbocycles. The average Bonchev–Trinajstić information content (AvgIpc) is 0. The van der Waals surface area contributed by atoms with Gasteiger partial charge < -0.3 is 8.56 Å². The van der Waals surface area contributed by atoms with E-state index in [9.17, 15) is 0 Å². The molecule has 0 N–H and O–H groups in total. The molecule has 0 bridgehead atoms. The largest absolute Gasteiger partial charge is 2.00 e. The van der Waals surface area contributed by atoms with Gasteiger partial charge in [-0.2, -0.15) is 0 Å². The van der Waals surface area contributed by atoms with Gasteiger partial charge in [-0.3, -0.25) is 0 Å². The van der Waals surface area contributed by atoms with Crippen molar-refractivity contribution in [3.63, 3.8) is 0 Å². The Morgan fingerprint density at radius 2 is 0.750 bits per heavy atom. The van der Waals surface area contributed by atoms with E-state index in [1.165, 1.54) is 0 Å². The molecule has 0 unspecified atom stereocenters. The molecule has 44 valence electrons. The van der Waals surface area contributed by atoms with Gasteiger partial charge in [0, 0.05) is 0 Å². The summed E-state index contributed by atoms with van der Waals surface area (Å²) in [7, 11) is 0. The third-order valence-electron chi connectivity index (χ3n) is 0. The molecule has 8 heavy (non-hydrogen) atoms. The minimum absolute atomic E-state index is 0. The van der Waals surface area contributed by atoms with Crippen molar-refractivity contribution in [1.82, 2.24) is 0 Å². The minimum atomic E-state index is 0. The van der Waals surface area contributed by atoms with E-state index in [0.29, 0.717) is 0 Å². The second kappa shape index (κ2) is 54.1. The smallest absolute Gasteiger partial charge is 1.00 e. The van der Waals surface area contributed by atoms with Gasteiger partial charge in [-0.1, -0.05) is 0 Å². The zero-order valence-corrected chi connectivity index (χ0v) is 17.0. The molecule has 0 aliphatic rings. The van der Waals surface area contributed by atoms with Crippen molar-refractivity contribution in [2.75, 3.05) is 0 Å². The van der Waals surface area contributed by atoms with E-state index in [2.05, 4.69) is 0 Å². The molecule has 8 heteroatoms. The molecule has 0 atom stereocenters. The average molecular weight is 359 g/mol. The summed E-state index contributed by atoms with van der Waals surface area (Å²) in [5.41, 5.74) is 0. The van der Waals surface area contributed by atoms with Crippen LogP contribution in [0, 0.1) is 0 Å². The van der Waals surface area contributed by atoms with E-state index in [4.69, 9.17) is 0 Å². The van der Waals surface area contributed by atoms with Crippen LogP contribution in [0.25, 0.3) is 0 Å². The first-order chi connectivity index (χ1) is 0. The van der Waals surface area contributed by atoms with Gasteiger partial charge in [0.2, 0.25) is 0 Å². The van der Waals surface area contributed by atoms with Crippen LogP contribution in [0.15, 0.2) is 0 Å². The van der Waals surface area contributed by atoms with E-state index in [0.717, 1.165) is 0 Å². The number of hydrogen-bond donors (Lipinski definition) is 0. The van der Waals surface area contributed by atoms with Gasteiger partial charge in [0.05, 0.1) is 0 Å². The first-order valence-electron chi connectivity index (χ1n) is 0. The molecule has 0 rings (SSSR count). The second-order valence-corrected chi connectivity index (χ2v) is 0. The monoisotopic (exact) mass is 358 g/mol. The van der Waals surface area contributed by atoms with Gasteiger partial charge in [0.1, 0.15) is 0 Å². The molecular weight excluding hydrogens is 349 g/mol. The first kappa shape index (κ1) is 68.9. The Labute approximate surface area is 188 Å². The molecule has 0 aliphatic heterocycles. The Bertz CT molecular complexity index is 29.8. The zero-order chi connectivity index (χ0) is 0. The molecule has 0 amide bonds. The summed E-state index contributed by atoms with van der Waals surface area (Å²) < 4.78 is 0. The van der Waals surface area contributed by atoms with Crippen LogP contribution in [0.3, 0.4) is 0 Å². The fraction of sp³-hybridized carbons (Fsp3) is 0. The van der Waals surface area contributed by atoms with Gasteiger partial charge >= 0.3 is 135 Å². The van der Waals surface area contributed by atoms with Crippen LogP contribution in [0.2, 0.25) is 0 Å². The Kier molecular flexibility index (Phi) is 467. The van der Waals surface area contributed by atoms with Crippen molar-refractivity contribution in [2.24, 2.45) is 0 Å². The molecule has 0 heterocycles. The Balaban J connectivity index is 0. The van der Waals surface area contributed by atoms with Gasteiger partial charge in [0.25, 0.3) is 0 Å². The van der Waals surface area contributed by atoms with Crippen LogP contribution >= 0.6 is 49.6 Å². The van der Waals surface area contributed by atoms with Crippen LogP contribution in [-0.4, -0.2) is 86.6 Å². The predicted octanol–water partition coefficient (Wildman–Crippen LogP) is -4.39. The molecule has 0 aliphatic carbocycles. The van der Waals surface area contributed by atoms with Crippen molar-refractivity contribution in [2.45, 2.75) is 0 Å². The van der Waals surface area contributed by atoms with E-state index in [1.54, 1.807) is 0 Å². The summed E-state index contributed by atoms with van der Waals surface area (Å²) in [4.78, 5) is 0. The van der Waals surface area contributed by atoms with Crippen molar-refractivity contribution in [3.05, 3.63) is 0 Å². The van der Waals surface area contributed by atoms with Gasteiger partial charge in [0.15, 0.2) is 0 Å².